The smallest absolute Gasteiger partial charge is 0.118 e. The van der Waals surface area contributed by atoms with E-state index in [2.05, 4.69) is 4.98 Å². The van der Waals surface area contributed by atoms with E-state index >= 15 is 0 Å². The molecule has 2 aromatic rings. The summed E-state index contributed by atoms with van der Waals surface area (Å²) in [6.07, 6.45) is 1.70. The van der Waals surface area contributed by atoms with Crippen LogP contribution >= 0.6 is 0 Å². The van der Waals surface area contributed by atoms with E-state index in [0.717, 1.165) is 11.3 Å². The number of rotatable bonds is 4. The molecule has 0 aliphatic rings. The maximum atomic E-state index is 10.7. The monoisotopic (exact) mass is 257 g/mol. The summed E-state index contributed by atoms with van der Waals surface area (Å²) in [4.78, 5) is 4.26. The highest BCUT2D eigenvalue weighted by atomic mass is 16.5. The molecule has 100 valence electrons. The summed E-state index contributed by atoms with van der Waals surface area (Å²) in [6, 6.07) is 13.3. The zero-order valence-corrected chi connectivity index (χ0v) is 11.5. The van der Waals surface area contributed by atoms with Gasteiger partial charge in [-0.05, 0) is 36.8 Å². The van der Waals surface area contributed by atoms with Gasteiger partial charge in [-0.2, -0.15) is 0 Å². The molecule has 1 aromatic heterocycles. The Bertz CT molecular complexity index is 520. The Labute approximate surface area is 113 Å². The number of hydrogen-bond acceptors (Lipinski definition) is 3. The van der Waals surface area contributed by atoms with Gasteiger partial charge in [0.2, 0.25) is 0 Å². The van der Waals surface area contributed by atoms with Gasteiger partial charge < -0.3 is 9.84 Å². The largest absolute Gasteiger partial charge is 0.497 e. The van der Waals surface area contributed by atoms with E-state index in [0.29, 0.717) is 5.69 Å². The van der Waals surface area contributed by atoms with Crippen molar-refractivity contribution in [1.29, 1.82) is 0 Å². The molecule has 19 heavy (non-hydrogen) atoms. The van der Waals surface area contributed by atoms with Crippen LogP contribution in [0.25, 0.3) is 0 Å². The second-order valence-electron chi connectivity index (χ2n) is 4.86. The lowest BCUT2D eigenvalue weighted by molar-refractivity contribution is 0.0280. The molecule has 0 fully saturated rings. The van der Waals surface area contributed by atoms with Crippen molar-refractivity contribution in [3.63, 3.8) is 0 Å². The molecular formula is C16H19NO2. The third kappa shape index (κ3) is 2.76. The Hall–Kier alpha value is -1.87. The predicted molar refractivity (Wildman–Crippen MR) is 75.2 cm³/mol. The quantitative estimate of drug-likeness (QED) is 0.915. The highest BCUT2D eigenvalue weighted by molar-refractivity contribution is 5.32. The average molecular weight is 257 g/mol. The van der Waals surface area contributed by atoms with Crippen LogP contribution in [0.5, 0.6) is 5.75 Å². The van der Waals surface area contributed by atoms with Crippen LogP contribution in [0.1, 0.15) is 31.0 Å². The average Bonchev–Trinajstić information content (AvgIpc) is 2.47. The molecule has 1 aromatic carbocycles. The van der Waals surface area contributed by atoms with Gasteiger partial charge in [0, 0.05) is 12.1 Å². The van der Waals surface area contributed by atoms with Crippen LogP contribution in [0.15, 0.2) is 48.7 Å². The van der Waals surface area contributed by atoms with Gasteiger partial charge in [0.1, 0.15) is 11.4 Å². The molecule has 0 amide bonds. The number of nitrogens with zero attached hydrogens (tertiary/aromatic N) is 1. The van der Waals surface area contributed by atoms with E-state index in [1.54, 1.807) is 20.2 Å². The molecule has 1 N–H and O–H groups in total. The van der Waals surface area contributed by atoms with E-state index in [-0.39, 0.29) is 5.92 Å². The first kappa shape index (κ1) is 13.6. The van der Waals surface area contributed by atoms with Crippen molar-refractivity contribution < 1.29 is 9.84 Å². The van der Waals surface area contributed by atoms with Gasteiger partial charge in [0.05, 0.1) is 12.8 Å². The third-order valence-electron chi connectivity index (χ3n) is 3.64. The molecule has 0 saturated heterocycles. The van der Waals surface area contributed by atoms with Gasteiger partial charge in [-0.15, -0.1) is 0 Å². The van der Waals surface area contributed by atoms with E-state index in [1.807, 2.05) is 49.4 Å². The first-order chi connectivity index (χ1) is 9.05. The number of aliphatic hydroxyl groups is 1. The molecule has 1 heterocycles. The minimum absolute atomic E-state index is 0.0618. The van der Waals surface area contributed by atoms with Gasteiger partial charge >= 0.3 is 0 Å². The SMILES string of the molecule is COc1ccc([C@@H](C)[C@](C)(O)c2ccccn2)cc1. The Kier molecular flexibility index (Phi) is 3.86. The maximum Gasteiger partial charge on any atom is 0.118 e. The summed E-state index contributed by atoms with van der Waals surface area (Å²) < 4.78 is 5.14. The first-order valence-corrected chi connectivity index (χ1v) is 6.33. The summed E-state index contributed by atoms with van der Waals surface area (Å²) >= 11 is 0. The second kappa shape index (κ2) is 5.41. The highest BCUT2D eigenvalue weighted by Gasteiger charge is 2.32. The summed E-state index contributed by atoms with van der Waals surface area (Å²) in [5, 5.41) is 10.7. The number of pyridine rings is 1. The Morgan fingerprint density at radius 3 is 2.37 bits per heavy atom. The number of hydrogen-bond donors (Lipinski definition) is 1. The zero-order chi connectivity index (χ0) is 13.9. The second-order valence-corrected chi connectivity index (χ2v) is 4.86. The third-order valence-corrected chi connectivity index (χ3v) is 3.64. The minimum Gasteiger partial charge on any atom is -0.497 e. The van der Waals surface area contributed by atoms with Crippen molar-refractivity contribution in [3.8, 4) is 5.75 Å². The summed E-state index contributed by atoms with van der Waals surface area (Å²) in [7, 11) is 1.64. The molecule has 0 spiro atoms. The number of benzene rings is 1. The zero-order valence-electron chi connectivity index (χ0n) is 11.5. The lowest BCUT2D eigenvalue weighted by Crippen LogP contribution is -2.29. The van der Waals surface area contributed by atoms with Crippen LogP contribution in [-0.2, 0) is 5.60 Å². The van der Waals surface area contributed by atoms with Gasteiger partial charge in [0.25, 0.3) is 0 Å². The Morgan fingerprint density at radius 2 is 1.84 bits per heavy atom. The number of methoxy groups -OCH3 is 1. The summed E-state index contributed by atoms with van der Waals surface area (Å²) in [5.41, 5.74) is 0.727. The van der Waals surface area contributed by atoms with Crippen LogP contribution in [0.2, 0.25) is 0 Å². The summed E-state index contributed by atoms with van der Waals surface area (Å²) in [6.45, 7) is 3.79. The molecule has 2 atom stereocenters. The van der Waals surface area contributed by atoms with Gasteiger partial charge in [0.15, 0.2) is 0 Å². The van der Waals surface area contributed by atoms with Crippen LogP contribution in [0.3, 0.4) is 0 Å². The molecule has 3 nitrogen and oxygen atoms in total. The van der Waals surface area contributed by atoms with Crippen LogP contribution in [0.4, 0.5) is 0 Å². The van der Waals surface area contributed by atoms with Crippen molar-refractivity contribution in [2.24, 2.45) is 0 Å². The van der Waals surface area contributed by atoms with E-state index in [1.165, 1.54) is 0 Å². The minimum atomic E-state index is -1.00. The van der Waals surface area contributed by atoms with Crippen molar-refractivity contribution in [1.82, 2.24) is 4.98 Å². The molecule has 0 aliphatic heterocycles. The number of aromatic nitrogens is 1. The fourth-order valence-electron chi connectivity index (χ4n) is 2.10. The Balaban J connectivity index is 2.29. The molecule has 0 aliphatic carbocycles. The molecule has 0 bridgehead atoms. The maximum absolute atomic E-state index is 10.7. The standard InChI is InChI=1S/C16H19NO2/c1-12(13-7-9-14(19-3)10-8-13)16(2,18)15-6-4-5-11-17-15/h4-12,18H,1-3H3/t12-,16+/m1/s1. The van der Waals surface area contributed by atoms with E-state index < -0.39 is 5.60 Å². The predicted octanol–water partition coefficient (Wildman–Crippen LogP) is 3.10. The molecule has 2 rings (SSSR count). The molecule has 0 unspecified atom stereocenters. The van der Waals surface area contributed by atoms with Crippen molar-refractivity contribution in [2.45, 2.75) is 25.4 Å². The topological polar surface area (TPSA) is 42.4 Å². The molecule has 0 saturated carbocycles. The molecule has 0 radical (unpaired) electrons. The van der Waals surface area contributed by atoms with Gasteiger partial charge in [-0.25, -0.2) is 0 Å². The van der Waals surface area contributed by atoms with Crippen LogP contribution < -0.4 is 4.74 Å². The molecular weight excluding hydrogens is 238 g/mol. The van der Waals surface area contributed by atoms with E-state index in [9.17, 15) is 5.11 Å². The Morgan fingerprint density at radius 1 is 1.16 bits per heavy atom. The summed E-state index contributed by atoms with van der Waals surface area (Å²) in [5.74, 6) is 0.752. The lowest BCUT2D eigenvalue weighted by atomic mass is 9.82. The highest BCUT2D eigenvalue weighted by Crippen LogP contribution is 2.35. The normalized spacial score (nSPS) is 15.6. The lowest BCUT2D eigenvalue weighted by Gasteiger charge is -2.30. The number of ether oxygens (including phenoxy) is 1. The van der Waals surface area contributed by atoms with Crippen molar-refractivity contribution >= 4 is 0 Å². The van der Waals surface area contributed by atoms with Crippen molar-refractivity contribution in [2.75, 3.05) is 7.11 Å². The van der Waals surface area contributed by atoms with E-state index in [4.69, 9.17) is 4.74 Å². The van der Waals surface area contributed by atoms with Crippen LogP contribution in [0, 0.1) is 0 Å². The fraction of sp³-hybridized carbons (Fsp3) is 0.312. The van der Waals surface area contributed by atoms with Gasteiger partial charge in [-0.3, -0.25) is 4.98 Å². The van der Waals surface area contributed by atoms with Crippen LogP contribution in [-0.4, -0.2) is 17.2 Å². The fourth-order valence-corrected chi connectivity index (χ4v) is 2.10. The molecule has 3 heteroatoms. The van der Waals surface area contributed by atoms with Crippen molar-refractivity contribution in [3.05, 3.63) is 59.9 Å². The van der Waals surface area contributed by atoms with Gasteiger partial charge in [-0.1, -0.05) is 25.1 Å². The first-order valence-electron chi connectivity index (χ1n) is 6.33.